The molecule has 0 spiro atoms. The zero-order valence-electron chi connectivity index (χ0n) is 26.6. The molecule has 10 rings (SSSR count). The van der Waals surface area contributed by atoms with Gasteiger partial charge in [-0.2, -0.15) is 0 Å². The van der Waals surface area contributed by atoms with Gasteiger partial charge in [-0.25, -0.2) is 0 Å². The lowest BCUT2D eigenvalue weighted by Crippen LogP contribution is -1.95. The van der Waals surface area contributed by atoms with Crippen molar-refractivity contribution in [1.29, 1.82) is 0 Å². The Balaban J connectivity index is 1.34. The van der Waals surface area contributed by atoms with Crippen LogP contribution in [0.4, 0.5) is 0 Å². The topological polar surface area (TPSA) is 0 Å². The van der Waals surface area contributed by atoms with Crippen molar-refractivity contribution in [3.63, 3.8) is 0 Å². The van der Waals surface area contributed by atoms with Crippen molar-refractivity contribution in [1.82, 2.24) is 0 Å². The van der Waals surface area contributed by atoms with Crippen LogP contribution in [0.15, 0.2) is 170 Å². The van der Waals surface area contributed by atoms with Gasteiger partial charge in [0.05, 0.1) is 0 Å². The van der Waals surface area contributed by atoms with Crippen molar-refractivity contribution < 1.29 is 0 Å². The van der Waals surface area contributed by atoms with E-state index in [0.29, 0.717) is 0 Å². The predicted octanol–water partition coefficient (Wildman–Crippen LogP) is 13.5. The third kappa shape index (κ3) is 4.09. The fourth-order valence-corrected chi connectivity index (χ4v) is 8.28. The fourth-order valence-electron chi connectivity index (χ4n) is 8.28. The molecule has 0 saturated carbocycles. The van der Waals surface area contributed by atoms with E-state index in [1.165, 1.54) is 99.1 Å². The molecule has 0 aliphatic heterocycles. The van der Waals surface area contributed by atoms with Crippen LogP contribution in [0.1, 0.15) is 18.4 Å². The Morgan fingerprint density at radius 1 is 0.354 bits per heavy atom. The van der Waals surface area contributed by atoms with E-state index in [-0.39, 0.29) is 0 Å². The Hall–Kier alpha value is -5.98. The van der Waals surface area contributed by atoms with Crippen molar-refractivity contribution in [2.75, 3.05) is 0 Å². The molecule has 0 N–H and O–H groups in total. The minimum absolute atomic E-state index is 1.09. The molecular weight excluding hydrogens is 577 g/mol. The molecule has 0 saturated heterocycles. The summed E-state index contributed by atoms with van der Waals surface area (Å²) < 4.78 is 0. The molecule has 0 atom stereocenters. The second kappa shape index (κ2) is 10.8. The number of benzene rings is 8. The molecule has 8 aromatic carbocycles. The molecule has 0 unspecified atom stereocenters. The lowest BCUT2D eigenvalue weighted by Gasteiger charge is -2.21. The highest BCUT2D eigenvalue weighted by Crippen LogP contribution is 2.58. The molecule has 0 heterocycles. The minimum Gasteiger partial charge on any atom is -0.0836 e. The molecule has 2 aliphatic rings. The van der Waals surface area contributed by atoms with Crippen molar-refractivity contribution >= 4 is 37.9 Å². The summed E-state index contributed by atoms with van der Waals surface area (Å²) in [5, 5.41) is 7.78. The zero-order valence-corrected chi connectivity index (χ0v) is 26.6. The fraction of sp³-hybridized carbons (Fsp3) is 0.0417. The third-order valence-corrected chi connectivity index (χ3v) is 10.4. The smallest absolute Gasteiger partial charge is 0.000741 e. The SMILES string of the molecule is C1=CC(c2ccc3c(-c4ccccc4)c4c(c(-c5ccccc5)c3c2)-c2cccc3c(-c5ccc6ccccc6c5)ccc-4c23)=CCC1. The van der Waals surface area contributed by atoms with Gasteiger partial charge in [0, 0.05) is 0 Å². The summed E-state index contributed by atoms with van der Waals surface area (Å²) in [7, 11) is 0. The lowest BCUT2D eigenvalue weighted by molar-refractivity contribution is 1.04. The molecular formula is C48H32. The number of rotatable bonds is 4. The second-order valence-electron chi connectivity index (χ2n) is 13.1. The molecule has 2 aliphatic carbocycles. The van der Waals surface area contributed by atoms with Gasteiger partial charge < -0.3 is 0 Å². The summed E-state index contributed by atoms with van der Waals surface area (Å²) in [4.78, 5) is 0. The van der Waals surface area contributed by atoms with Crippen LogP contribution in [0.5, 0.6) is 0 Å². The van der Waals surface area contributed by atoms with E-state index < -0.39 is 0 Å². The summed E-state index contributed by atoms with van der Waals surface area (Å²) in [6, 6.07) is 56.4. The van der Waals surface area contributed by atoms with Crippen molar-refractivity contribution in [2.24, 2.45) is 0 Å². The number of allylic oxidation sites excluding steroid dienone is 4. The monoisotopic (exact) mass is 608 g/mol. The Morgan fingerprint density at radius 2 is 1.02 bits per heavy atom. The number of fused-ring (bicyclic) bond motifs is 5. The largest absolute Gasteiger partial charge is 0.0836 e. The van der Waals surface area contributed by atoms with Gasteiger partial charge >= 0.3 is 0 Å². The molecule has 0 nitrogen and oxygen atoms in total. The van der Waals surface area contributed by atoms with Gasteiger partial charge in [0.1, 0.15) is 0 Å². The van der Waals surface area contributed by atoms with Gasteiger partial charge in [-0.3, -0.25) is 0 Å². The van der Waals surface area contributed by atoms with E-state index in [9.17, 15) is 0 Å². The van der Waals surface area contributed by atoms with Crippen LogP contribution in [0.3, 0.4) is 0 Å². The highest BCUT2D eigenvalue weighted by atomic mass is 14.3. The van der Waals surface area contributed by atoms with E-state index in [1.807, 2.05) is 0 Å². The molecule has 0 heteroatoms. The van der Waals surface area contributed by atoms with Gasteiger partial charge in [0.2, 0.25) is 0 Å². The van der Waals surface area contributed by atoms with Crippen LogP contribution in [-0.4, -0.2) is 0 Å². The summed E-state index contributed by atoms with van der Waals surface area (Å²) in [5.74, 6) is 0. The number of hydrogen-bond acceptors (Lipinski definition) is 0. The quantitative estimate of drug-likeness (QED) is 0.186. The van der Waals surface area contributed by atoms with Gasteiger partial charge in [-0.05, 0) is 124 Å². The normalized spacial score (nSPS) is 13.3. The predicted molar refractivity (Wildman–Crippen MR) is 206 cm³/mol. The van der Waals surface area contributed by atoms with E-state index in [4.69, 9.17) is 0 Å². The highest BCUT2D eigenvalue weighted by molar-refractivity contribution is 6.29. The van der Waals surface area contributed by atoms with Crippen molar-refractivity contribution in [2.45, 2.75) is 12.8 Å². The lowest BCUT2D eigenvalue weighted by atomic mass is 9.81. The molecule has 0 fully saturated rings. The average molecular weight is 609 g/mol. The van der Waals surface area contributed by atoms with Gasteiger partial charge in [-0.1, -0.05) is 158 Å². The Morgan fingerprint density at radius 3 is 1.77 bits per heavy atom. The molecule has 0 radical (unpaired) electrons. The first kappa shape index (κ1) is 27.2. The summed E-state index contributed by atoms with van der Waals surface area (Å²) in [6.07, 6.45) is 9.19. The Labute approximate surface area is 281 Å². The Kier molecular flexibility index (Phi) is 6.11. The molecule has 0 aromatic heterocycles. The van der Waals surface area contributed by atoms with E-state index in [1.54, 1.807) is 0 Å². The second-order valence-corrected chi connectivity index (χ2v) is 13.1. The highest BCUT2D eigenvalue weighted by Gasteiger charge is 2.31. The van der Waals surface area contributed by atoms with E-state index in [2.05, 4.69) is 170 Å². The summed E-state index contributed by atoms with van der Waals surface area (Å²) in [6.45, 7) is 0. The zero-order chi connectivity index (χ0) is 31.6. The van der Waals surface area contributed by atoms with Crippen molar-refractivity contribution in [3.05, 3.63) is 175 Å². The molecule has 48 heavy (non-hydrogen) atoms. The maximum Gasteiger partial charge on any atom is -0.000741 e. The van der Waals surface area contributed by atoms with Gasteiger partial charge in [-0.15, -0.1) is 0 Å². The molecule has 0 bridgehead atoms. The molecule has 224 valence electrons. The van der Waals surface area contributed by atoms with E-state index >= 15 is 0 Å². The standard InChI is InChI=1S/C48H32/c1-4-13-31(14-5-1)36-25-26-40-43(30-36)45(34-18-8-3-9-19-34)47-41-22-12-21-39-38(37-24-23-32-15-10-11-20-35(32)29-37)27-28-42(46(39)41)48(47)44(40)33-16-6-2-7-17-33/h2-4,6-30H,1,5H2. The van der Waals surface area contributed by atoms with Crippen molar-refractivity contribution in [3.8, 4) is 55.6 Å². The summed E-state index contributed by atoms with van der Waals surface area (Å²) >= 11 is 0. The maximum atomic E-state index is 2.45. The van der Waals surface area contributed by atoms with Gasteiger partial charge in [0.15, 0.2) is 0 Å². The van der Waals surface area contributed by atoms with Crippen LogP contribution < -0.4 is 0 Å². The van der Waals surface area contributed by atoms with Crippen LogP contribution in [0.2, 0.25) is 0 Å². The maximum absolute atomic E-state index is 2.45. The first-order valence-corrected chi connectivity index (χ1v) is 17.0. The Bertz CT molecular complexity index is 2640. The van der Waals surface area contributed by atoms with Crippen LogP contribution in [0, 0.1) is 0 Å². The first-order valence-electron chi connectivity index (χ1n) is 17.0. The molecule has 0 amide bonds. The summed E-state index contributed by atoms with van der Waals surface area (Å²) in [5.41, 5.74) is 15.6. The van der Waals surface area contributed by atoms with Crippen LogP contribution in [-0.2, 0) is 0 Å². The third-order valence-electron chi connectivity index (χ3n) is 10.4. The average Bonchev–Trinajstić information content (AvgIpc) is 3.49. The molecule has 8 aromatic rings. The first-order chi connectivity index (χ1) is 23.8. The van der Waals surface area contributed by atoms with Crippen LogP contribution >= 0.6 is 0 Å². The van der Waals surface area contributed by atoms with Crippen LogP contribution in [0.25, 0.3) is 93.5 Å². The number of hydrogen-bond donors (Lipinski definition) is 0. The minimum atomic E-state index is 1.09. The van der Waals surface area contributed by atoms with E-state index in [0.717, 1.165) is 12.8 Å². The van der Waals surface area contributed by atoms with Gasteiger partial charge in [0.25, 0.3) is 0 Å².